The van der Waals surface area contributed by atoms with Gasteiger partial charge in [0.2, 0.25) is 0 Å². The van der Waals surface area contributed by atoms with Crippen LogP contribution in [-0.2, 0) is 6.42 Å². The van der Waals surface area contributed by atoms with Crippen molar-refractivity contribution in [3.05, 3.63) is 77.1 Å². The Morgan fingerprint density at radius 2 is 1.65 bits per heavy atom. The lowest BCUT2D eigenvalue weighted by Crippen LogP contribution is -2.19. The van der Waals surface area contributed by atoms with E-state index in [0.717, 1.165) is 18.2 Å². The maximum absolute atomic E-state index is 14.9. The Kier molecular flexibility index (Phi) is 7.57. The second kappa shape index (κ2) is 10.3. The molecule has 1 nitrogen and oxygen atoms in total. The Bertz CT molecular complexity index is 1070. The van der Waals surface area contributed by atoms with Gasteiger partial charge >= 0.3 is 6.18 Å². The van der Waals surface area contributed by atoms with Gasteiger partial charge in [0.25, 0.3) is 0 Å². The fourth-order valence-corrected chi connectivity index (χ4v) is 3.29. The Labute approximate surface area is 180 Å². The van der Waals surface area contributed by atoms with E-state index in [4.69, 9.17) is 0 Å². The molecule has 0 spiro atoms. The van der Waals surface area contributed by atoms with Gasteiger partial charge in [-0.2, -0.15) is 13.2 Å². The Morgan fingerprint density at radius 1 is 0.871 bits per heavy atom. The van der Waals surface area contributed by atoms with E-state index in [1.54, 1.807) is 24.3 Å². The lowest BCUT2D eigenvalue weighted by atomic mass is 10.00. The Hall–Kier alpha value is -3.00. The summed E-state index contributed by atoms with van der Waals surface area (Å²) in [5, 5.41) is 1.38. The lowest BCUT2D eigenvalue weighted by Gasteiger charge is -2.08. The summed E-state index contributed by atoms with van der Waals surface area (Å²) in [4.78, 5) is 0. The molecule has 31 heavy (non-hydrogen) atoms. The van der Waals surface area contributed by atoms with E-state index in [0.29, 0.717) is 10.9 Å². The second-order valence-corrected chi connectivity index (χ2v) is 7.47. The summed E-state index contributed by atoms with van der Waals surface area (Å²) in [6.45, 7) is 0.836. The molecule has 0 heterocycles. The SMILES string of the molecule is CCCCCCc1ccc2c(F)c(C#Cc3ccc(OCC(F)(F)F)cc3)ccc2c1. The number of aryl methyl sites for hydroxylation is 1. The van der Waals surface area contributed by atoms with Crippen LogP contribution in [0.1, 0.15) is 49.3 Å². The lowest BCUT2D eigenvalue weighted by molar-refractivity contribution is -0.153. The van der Waals surface area contributed by atoms with Gasteiger partial charge in [-0.3, -0.25) is 0 Å². The number of benzene rings is 3. The molecule has 0 unspecified atom stereocenters. The molecule has 0 N–H and O–H groups in total. The Morgan fingerprint density at radius 3 is 2.35 bits per heavy atom. The maximum atomic E-state index is 14.9. The maximum Gasteiger partial charge on any atom is 0.422 e. The summed E-state index contributed by atoms with van der Waals surface area (Å²) in [7, 11) is 0. The predicted molar refractivity (Wildman–Crippen MR) is 116 cm³/mol. The van der Waals surface area contributed by atoms with Crippen LogP contribution in [0.5, 0.6) is 5.75 Å². The van der Waals surface area contributed by atoms with Gasteiger partial charge in [-0.05, 0) is 54.1 Å². The smallest absolute Gasteiger partial charge is 0.422 e. The molecule has 0 radical (unpaired) electrons. The van der Waals surface area contributed by atoms with Gasteiger partial charge in [0.1, 0.15) is 11.6 Å². The monoisotopic (exact) mass is 428 g/mol. The number of halogens is 4. The zero-order valence-corrected chi connectivity index (χ0v) is 17.4. The summed E-state index contributed by atoms with van der Waals surface area (Å²) < 4.78 is 56.2. The highest BCUT2D eigenvalue weighted by molar-refractivity contribution is 5.85. The van der Waals surface area contributed by atoms with Gasteiger partial charge in [0.05, 0.1) is 5.56 Å². The molecule has 3 aromatic rings. The Balaban J connectivity index is 1.71. The van der Waals surface area contributed by atoms with Crippen LogP contribution < -0.4 is 4.74 Å². The van der Waals surface area contributed by atoms with Gasteiger partial charge in [-0.15, -0.1) is 0 Å². The molecule has 0 aliphatic rings. The van der Waals surface area contributed by atoms with Gasteiger partial charge in [-0.25, -0.2) is 4.39 Å². The predicted octanol–water partition coefficient (Wildman–Crippen LogP) is 7.44. The third-order valence-corrected chi connectivity index (χ3v) is 4.94. The highest BCUT2D eigenvalue weighted by Gasteiger charge is 2.28. The van der Waals surface area contributed by atoms with Crippen LogP contribution in [0.2, 0.25) is 0 Å². The molecular weight excluding hydrogens is 404 g/mol. The third kappa shape index (κ3) is 6.75. The molecule has 0 amide bonds. The third-order valence-electron chi connectivity index (χ3n) is 4.94. The number of fused-ring (bicyclic) bond motifs is 1. The molecule has 0 bridgehead atoms. The van der Waals surface area contributed by atoms with Crippen molar-refractivity contribution in [1.29, 1.82) is 0 Å². The average molecular weight is 428 g/mol. The zero-order valence-electron chi connectivity index (χ0n) is 17.4. The van der Waals surface area contributed by atoms with Crippen molar-refractivity contribution < 1.29 is 22.3 Å². The fraction of sp³-hybridized carbons (Fsp3) is 0.308. The summed E-state index contributed by atoms with van der Waals surface area (Å²) in [6.07, 6.45) is 1.36. The van der Waals surface area contributed by atoms with Crippen LogP contribution in [0.4, 0.5) is 17.6 Å². The van der Waals surface area contributed by atoms with Crippen LogP contribution in [0.3, 0.4) is 0 Å². The minimum atomic E-state index is -4.39. The topological polar surface area (TPSA) is 9.23 Å². The van der Waals surface area contributed by atoms with Gasteiger partial charge in [-0.1, -0.05) is 62.3 Å². The van der Waals surface area contributed by atoms with Crippen molar-refractivity contribution in [3.63, 3.8) is 0 Å². The highest BCUT2D eigenvalue weighted by atomic mass is 19.4. The summed E-state index contributed by atoms with van der Waals surface area (Å²) in [5.74, 6) is 5.40. The number of alkyl halides is 3. The normalized spacial score (nSPS) is 11.3. The van der Waals surface area contributed by atoms with Crippen LogP contribution in [-0.4, -0.2) is 12.8 Å². The van der Waals surface area contributed by atoms with E-state index in [-0.39, 0.29) is 17.1 Å². The first-order valence-corrected chi connectivity index (χ1v) is 10.4. The molecular formula is C26H24F4O. The fourth-order valence-electron chi connectivity index (χ4n) is 3.29. The summed E-state index contributed by atoms with van der Waals surface area (Å²) in [5.41, 5.74) is 2.04. The summed E-state index contributed by atoms with van der Waals surface area (Å²) >= 11 is 0. The van der Waals surface area contributed by atoms with Crippen molar-refractivity contribution in [2.24, 2.45) is 0 Å². The zero-order chi connectivity index (χ0) is 22.3. The molecule has 0 aliphatic carbocycles. The number of rotatable bonds is 7. The van der Waals surface area contributed by atoms with E-state index in [2.05, 4.69) is 23.5 Å². The van der Waals surface area contributed by atoms with Crippen LogP contribution in [0.15, 0.2) is 54.6 Å². The first-order valence-electron chi connectivity index (χ1n) is 10.4. The van der Waals surface area contributed by atoms with Crippen LogP contribution in [0, 0.1) is 17.7 Å². The molecule has 0 aliphatic heterocycles. The van der Waals surface area contributed by atoms with E-state index >= 15 is 0 Å². The molecule has 162 valence electrons. The van der Waals surface area contributed by atoms with Crippen molar-refractivity contribution in [1.82, 2.24) is 0 Å². The first kappa shape index (κ1) is 22.7. The average Bonchev–Trinajstić information content (AvgIpc) is 2.75. The van der Waals surface area contributed by atoms with E-state index in [1.807, 2.05) is 18.2 Å². The molecule has 0 fully saturated rings. The van der Waals surface area contributed by atoms with Crippen LogP contribution in [0.25, 0.3) is 10.8 Å². The van der Waals surface area contributed by atoms with Gasteiger partial charge < -0.3 is 4.74 Å². The summed E-state index contributed by atoms with van der Waals surface area (Å²) in [6, 6.07) is 15.2. The quantitative estimate of drug-likeness (QED) is 0.216. The van der Waals surface area contributed by atoms with E-state index < -0.39 is 12.8 Å². The minimum absolute atomic E-state index is 0.102. The van der Waals surface area contributed by atoms with Gasteiger partial charge in [0.15, 0.2) is 6.61 Å². The highest BCUT2D eigenvalue weighted by Crippen LogP contribution is 2.23. The largest absolute Gasteiger partial charge is 0.484 e. The van der Waals surface area contributed by atoms with Gasteiger partial charge in [0, 0.05) is 10.9 Å². The van der Waals surface area contributed by atoms with Crippen molar-refractivity contribution in [2.45, 2.75) is 45.2 Å². The van der Waals surface area contributed by atoms with Crippen molar-refractivity contribution in [2.75, 3.05) is 6.61 Å². The molecule has 0 saturated heterocycles. The molecule has 0 atom stereocenters. The first-order chi connectivity index (χ1) is 14.9. The molecule has 0 saturated carbocycles. The minimum Gasteiger partial charge on any atom is -0.484 e. The molecule has 0 aromatic heterocycles. The van der Waals surface area contributed by atoms with E-state index in [9.17, 15) is 17.6 Å². The number of hydrogen-bond donors (Lipinski definition) is 0. The molecule has 5 heteroatoms. The molecule has 3 aromatic carbocycles. The number of ether oxygens (including phenoxy) is 1. The second-order valence-electron chi connectivity index (χ2n) is 7.47. The number of unbranched alkanes of at least 4 members (excludes halogenated alkanes) is 3. The van der Waals surface area contributed by atoms with Crippen molar-refractivity contribution in [3.8, 4) is 17.6 Å². The van der Waals surface area contributed by atoms with Crippen molar-refractivity contribution >= 4 is 10.8 Å². The van der Waals surface area contributed by atoms with Crippen LogP contribution >= 0.6 is 0 Å². The molecule has 3 rings (SSSR count). The van der Waals surface area contributed by atoms with E-state index in [1.165, 1.54) is 37.0 Å². The number of hydrogen-bond acceptors (Lipinski definition) is 1. The standard InChI is InChI=1S/C26H24F4O/c1-2-3-4-5-6-20-10-16-24-22(17-20)13-12-21(25(24)27)11-7-19-8-14-23(15-9-19)31-18-26(28,29)30/h8-10,12-17H,2-6,18H2,1H3.